The third kappa shape index (κ3) is 10.1. The molecule has 0 aromatic heterocycles. The van der Waals surface area contributed by atoms with Crippen molar-refractivity contribution in [3.8, 4) is 0 Å². The zero-order valence-corrected chi connectivity index (χ0v) is 19.4. The zero-order chi connectivity index (χ0) is 21.0. The molecule has 0 aliphatic heterocycles. The van der Waals surface area contributed by atoms with E-state index in [0.717, 1.165) is 17.9 Å². The van der Waals surface area contributed by atoms with Crippen LogP contribution in [0.25, 0.3) is 0 Å². The summed E-state index contributed by atoms with van der Waals surface area (Å²) in [5.74, 6) is 1.08. The van der Waals surface area contributed by atoms with Crippen LogP contribution in [0, 0.1) is 17.7 Å². The van der Waals surface area contributed by atoms with Gasteiger partial charge in [-0.2, -0.15) is 0 Å². The molecule has 0 radical (unpaired) electrons. The summed E-state index contributed by atoms with van der Waals surface area (Å²) in [6.45, 7) is 14.3. The fourth-order valence-corrected chi connectivity index (χ4v) is 3.18. The average molecular weight is 399 g/mol. The van der Waals surface area contributed by atoms with Crippen molar-refractivity contribution in [1.82, 2.24) is 0 Å². The van der Waals surface area contributed by atoms with Gasteiger partial charge in [-0.15, -0.1) is 0 Å². The molecule has 156 valence electrons. The van der Waals surface area contributed by atoms with E-state index in [4.69, 9.17) is 11.6 Å². The Hall–Kier alpha value is -1.09. The van der Waals surface area contributed by atoms with Crippen LogP contribution >= 0.6 is 11.6 Å². The molecule has 0 atom stereocenters. The lowest BCUT2D eigenvalue weighted by atomic mass is 9.97. The fourth-order valence-electron chi connectivity index (χ4n) is 2.96. The van der Waals surface area contributed by atoms with Crippen LogP contribution in [0.3, 0.4) is 0 Å². The predicted octanol–water partition coefficient (Wildman–Crippen LogP) is 7.79. The molecule has 1 aliphatic carbocycles. The topological polar surface area (TPSA) is 24.4 Å². The lowest BCUT2D eigenvalue weighted by molar-refractivity contribution is 0.545. The van der Waals surface area contributed by atoms with Crippen molar-refractivity contribution in [2.45, 2.75) is 86.6 Å². The summed E-state index contributed by atoms with van der Waals surface area (Å²) in [6.07, 6.45) is 6.17. The van der Waals surface area contributed by atoms with Gasteiger partial charge >= 0.3 is 0 Å². The molecular formula is C23H40ClFN2. The van der Waals surface area contributed by atoms with Gasteiger partial charge in [-0.1, -0.05) is 65.0 Å². The Kier molecular flexibility index (Phi) is 13.4. The number of nitrogens with one attached hydrogen (secondary N) is 1. The molecule has 0 saturated heterocycles. The molecule has 2 nitrogen and oxygen atoms in total. The molecule has 4 heteroatoms. The van der Waals surface area contributed by atoms with Crippen molar-refractivity contribution in [1.29, 1.82) is 0 Å². The molecule has 0 amide bonds. The van der Waals surface area contributed by atoms with Crippen LogP contribution in [0.2, 0.25) is 5.02 Å². The number of aliphatic imine (C=N–C) groups is 1. The van der Waals surface area contributed by atoms with E-state index in [1.807, 2.05) is 47.7 Å². The highest BCUT2D eigenvalue weighted by atomic mass is 35.5. The maximum absolute atomic E-state index is 13.8. The Morgan fingerprint density at radius 2 is 1.74 bits per heavy atom. The normalized spacial score (nSPS) is 14.6. The molecule has 1 N–H and O–H groups in total. The van der Waals surface area contributed by atoms with Crippen LogP contribution < -0.4 is 5.32 Å². The van der Waals surface area contributed by atoms with Crippen LogP contribution in [-0.4, -0.2) is 18.8 Å². The molecular weight excluding hydrogens is 359 g/mol. The molecule has 0 unspecified atom stereocenters. The Balaban J connectivity index is 0.000000637. The number of rotatable bonds is 5. The number of anilines is 1. The third-order valence-electron chi connectivity index (χ3n) is 4.75. The van der Waals surface area contributed by atoms with Crippen molar-refractivity contribution >= 4 is 23.0 Å². The first-order valence-electron chi connectivity index (χ1n) is 10.4. The van der Waals surface area contributed by atoms with Crippen LogP contribution in [0.15, 0.2) is 17.1 Å². The van der Waals surface area contributed by atoms with Gasteiger partial charge in [-0.25, -0.2) is 4.39 Å². The lowest BCUT2D eigenvalue weighted by Crippen LogP contribution is -2.12. The quantitative estimate of drug-likeness (QED) is 0.502. The Morgan fingerprint density at radius 3 is 2.15 bits per heavy atom. The monoisotopic (exact) mass is 398 g/mol. The highest BCUT2D eigenvalue weighted by molar-refractivity contribution is 6.31. The van der Waals surface area contributed by atoms with Gasteiger partial charge in [0.2, 0.25) is 0 Å². The molecule has 27 heavy (non-hydrogen) atoms. The summed E-state index contributed by atoms with van der Waals surface area (Å²) in [5, 5.41) is 3.70. The van der Waals surface area contributed by atoms with Gasteiger partial charge < -0.3 is 5.32 Å². The molecule has 1 aromatic rings. The number of halogens is 2. The molecule has 0 heterocycles. The summed E-state index contributed by atoms with van der Waals surface area (Å²) in [5.41, 5.74) is 2.87. The first-order valence-corrected chi connectivity index (χ1v) is 10.8. The van der Waals surface area contributed by atoms with Gasteiger partial charge in [0.05, 0.1) is 5.69 Å². The van der Waals surface area contributed by atoms with Crippen LogP contribution in [0.5, 0.6) is 0 Å². The van der Waals surface area contributed by atoms with E-state index in [-0.39, 0.29) is 11.9 Å². The van der Waals surface area contributed by atoms with Gasteiger partial charge in [0, 0.05) is 23.8 Å². The van der Waals surface area contributed by atoms with Crippen LogP contribution in [0.4, 0.5) is 10.1 Å². The standard InChI is InChI=1S/C15H21ClFN.C6H13N.C2H6/c1-10(2)18-15-8-12(13(16)9-14(15)17)7-11-5-3-4-6-11;1-5(2)6(3)7-4;1-2/h8-11,18H,3-7H2,1-2H3;5H,1-4H3;1-2H3. The van der Waals surface area contributed by atoms with Gasteiger partial charge in [-0.05, 0) is 56.7 Å². The first-order chi connectivity index (χ1) is 12.7. The summed E-state index contributed by atoms with van der Waals surface area (Å²) >= 11 is 6.15. The third-order valence-corrected chi connectivity index (χ3v) is 5.10. The maximum atomic E-state index is 13.8. The molecule has 0 spiro atoms. The molecule has 2 rings (SSSR count). The SMILES string of the molecule is CC.CC(C)Nc1cc(CC2CCCC2)c(Cl)cc1F.CN=C(C)C(C)C. The van der Waals surface area contributed by atoms with E-state index >= 15 is 0 Å². The smallest absolute Gasteiger partial charge is 0.147 e. The van der Waals surface area contributed by atoms with Crippen molar-refractivity contribution < 1.29 is 4.39 Å². The minimum Gasteiger partial charge on any atom is -0.380 e. The lowest BCUT2D eigenvalue weighted by Gasteiger charge is -2.15. The second-order valence-corrected chi connectivity index (χ2v) is 8.00. The predicted molar refractivity (Wildman–Crippen MR) is 121 cm³/mol. The molecule has 0 bridgehead atoms. The molecule has 1 saturated carbocycles. The zero-order valence-electron chi connectivity index (χ0n) is 18.6. The molecule has 1 aliphatic rings. The number of benzene rings is 1. The van der Waals surface area contributed by atoms with Gasteiger partial charge in [-0.3, -0.25) is 4.99 Å². The maximum Gasteiger partial charge on any atom is 0.147 e. The number of nitrogens with zero attached hydrogens (tertiary/aromatic N) is 1. The Labute approximate surface area is 172 Å². The van der Waals surface area contributed by atoms with E-state index < -0.39 is 0 Å². The van der Waals surface area contributed by atoms with Crippen molar-refractivity contribution in [3.05, 3.63) is 28.5 Å². The Morgan fingerprint density at radius 1 is 1.19 bits per heavy atom. The summed E-state index contributed by atoms with van der Waals surface area (Å²) in [6, 6.07) is 3.55. The van der Waals surface area contributed by atoms with Gasteiger partial charge in [0.25, 0.3) is 0 Å². The fraction of sp³-hybridized carbons (Fsp3) is 0.696. The minimum absolute atomic E-state index is 0.222. The van der Waals surface area contributed by atoms with Crippen molar-refractivity contribution in [3.63, 3.8) is 0 Å². The van der Waals surface area contributed by atoms with Gasteiger partial charge in [0.15, 0.2) is 0 Å². The minimum atomic E-state index is -0.260. The highest BCUT2D eigenvalue weighted by Gasteiger charge is 2.18. The van der Waals surface area contributed by atoms with E-state index in [1.54, 1.807) is 0 Å². The van der Waals surface area contributed by atoms with E-state index in [9.17, 15) is 4.39 Å². The number of hydrogen-bond acceptors (Lipinski definition) is 2. The average Bonchev–Trinajstić information content (AvgIpc) is 3.13. The number of hydrogen-bond donors (Lipinski definition) is 1. The highest BCUT2D eigenvalue weighted by Crippen LogP contribution is 2.32. The van der Waals surface area contributed by atoms with Crippen LogP contribution in [0.1, 0.15) is 79.7 Å². The van der Waals surface area contributed by atoms with E-state index in [2.05, 4.69) is 24.2 Å². The van der Waals surface area contributed by atoms with Crippen LogP contribution in [-0.2, 0) is 6.42 Å². The second-order valence-electron chi connectivity index (χ2n) is 7.60. The van der Waals surface area contributed by atoms with E-state index in [0.29, 0.717) is 16.6 Å². The molecule has 1 fully saturated rings. The largest absolute Gasteiger partial charge is 0.380 e. The summed E-state index contributed by atoms with van der Waals surface area (Å²) < 4.78 is 13.8. The second kappa shape index (κ2) is 14.0. The van der Waals surface area contributed by atoms with E-state index in [1.165, 1.54) is 37.5 Å². The van der Waals surface area contributed by atoms with Crippen molar-refractivity contribution in [2.75, 3.05) is 12.4 Å². The summed E-state index contributed by atoms with van der Waals surface area (Å²) in [4.78, 5) is 4.00. The Bertz CT molecular complexity index is 562. The van der Waals surface area contributed by atoms with Crippen molar-refractivity contribution in [2.24, 2.45) is 16.8 Å². The first kappa shape index (κ1) is 25.9. The molecule has 1 aromatic carbocycles. The summed E-state index contributed by atoms with van der Waals surface area (Å²) in [7, 11) is 1.83. The van der Waals surface area contributed by atoms with Gasteiger partial charge in [0.1, 0.15) is 5.82 Å².